The molecule has 0 heterocycles. The normalized spacial score (nSPS) is 18.7. The molecule has 6 nitrogen and oxygen atoms in total. The monoisotopic (exact) mass is 228 g/mol. The lowest BCUT2D eigenvalue weighted by atomic mass is 9.93. The largest absolute Gasteiger partial charge is 0.409 e. The van der Waals surface area contributed by atoms with Crippen molar-refractivity contribution in [1.82, 2.24) is 10.6 Å². The zero-order valence-electron chi connectivity index (χ0n) is 9.57. The first-order valence-corrected chi connectivity index (χ1v) is 5.71. The zero-order chi connectivity index (χ0) is 12.0. The molecule has 1 aliphatic rings. The molecule has 6 heteroatoms. The van der Waals surface area contributed by atoms with Gasteiger partial charge in [0.05, 0.1) is 6.04 Å². The van der Waals surface area contributed by atoms with Crippen LogP contribution in [0, 0.1) is 0 Å². The van der Waals surface area contributed by atoms with Gasteiger partial charge in [-0.2, -0.15) is 0 Å². The summed E-state index contributed by atoms with van der Waals surface area (Å²) in [7, 11) is 0. The molecule has 0 bridgehead atoms. The highest BCUT2D eigenvalue weighted by Gasteiger charge is 2.21. The van der Waals surface area contributed by atoms with E-state index in [1.54, 1.807) is 0 Å². The Balaban J connectivity index is 2.37. The number of amidine groups is 1. The summed E-state index contributed by atoms with van der Waals surface area (Å²) in [5, 5.41) is 17.0. The Labute approximate surface area is 95.3 Å². The molecular weight excluding hydrogens is 208 g/mol. The summed E-state index contributed by atoms with van der Waals surface area (Å²) >= 11 is 0. The van der Waals surface area contributed by atoms with Crippen LogP contribution >= 0.6 is 0 Å². The van der Waals surface area contributed by atoms with E-state index in [-0.39, 0.29) is 17.9 Å². The summed E-state index contributed by atoms with van der Waals surface area (Å²) in [5.41, 5.74) is 5.49. The van der Waals surface area contributed by atoms with E-state index in [4.69, 9.17) is 10.9 Å². The van der Waals surface area contributed by atoms with Gasteiger partial charge in [0.15, 0.2) is 5.84 Å². The maximum absolute atomic E-state index is 11.5. The molecule has 0 radical (unpaired) electrons. The first kappa shape index (κ1) is 12.6. The quantitative estimate of drug-likeness (QED) is 0.242. The number of amides is 2. The molecule has 5 N–H and O–H groups in total. The van der Waals surface area contributed by atoms with Gasteiger partial charge in [-0.1, -0.05) is 18.5 Å². The van der Waals surface area contributed by atoms with Gasteiger partial charge in [-0.05, 0) is 25.7 Å². The summed E-state index contributed by atoms with van der Waals surface area (Å²) in [5.74, 6) is 0.0469. The summed E-state index contributed by atoms with van der Waals surface area (Å²) in [6.07, 6.45) is 4.76. The predicted octanol–water partition coefficient (Wildman–Crippen LogP) is 0.753. The molecule has 0 spiro atoms. The third-order valence-electron chi connectivity index (χ3n) is 2.80. The molecule has 1 unspecified atom stereocenters. The first-order valence-electron chi connectivity index (χ1n) is 5.71. The second-order valence-electron chi connectivity index (χ2n) is 4.11. The van der Waals surface area contributed by atoms with Gasteiger partial charge in [0.2, 0.25) is 0 Å². The van der Waals surface area contributed by atoms with E-state index in [2.05, 4.69) is 15.8 Å². The average Bonchev–Trinajstić information content (AvgIpc) is 2.22. The minimum Gasteiger partial charge on any atom is -0.409 e. The van der Waals surface area contributed by atoms with Gasteiger partial charge in [0, 0.05) is 6.04 Å². The molecule has 16 heavy (non-hydrogen) atoms. The van der Waals surface area contributed by atoms with Crippen molar-refractivity contribution in [2.45, 2.75) is 51.1 Å². The van der Waals surface area contributed by atoms with Crippen LogP contribution in [-0.4, -0.2) is 29.2 Å². The van der Waals surface area contributed by atoms with E-state index in [1.807, 2.05) is 6.92 Å². The van der Waals surface area contributed by atoms with Crippen molar-refractivity contribution in [3.63, 3.8) is 0 Å². The maximum Gasteiger partial charge on any atom is 0.315 e. The van der Waals surface area contributed by atoms with Gasteiger partial charge < -0.3 is 21.6 Å². The molecule has 1 rings (SSSR count). The lowest BCUT2D eigenvalue weighted by molar-refractivity contribution is 0.226. The molecule has 0 aromatic heterocycles. The van der Waals surface area contributed by atoms with Gasteiger partial charge >= 0.3 is 6.03 Å². The Morgan fingerprint density at radius 2 is 2.31 bits per heavy atom. The SMILES string of the molecule is CCCC(NC(=O)NC1CCC1)C(N)=NO. The molecule has 1 fully saturated rings. The summed E-state index contributed by atoms with van der Waals surface area (Å²) < 4.78 is 0. The highest BCUT2D eigenvalue weighted by atomic mass is 16.4. The van der Waals surface area contributed by atoms with Gasteiger partial charge in [-0.25, -0.2) is 4.79 Å². The van der Waals surface area contributed by atoms with Crippen molar-refractivity contribution < 1.29 is 10.0 Å². The smallest absolute Gasteiger partial charge is 0.315 e. The van der Waals surface area contributed by atoms with E-state index in [9.17, 15) is 4.79 Å². The number of hydrogen-bond donors (Lipinski definition) is 4. The van der Waals surface area contributed by atoms with Crippen LogP contribution in [0.1, 0.15) is 39.0 Å². The van der Waals surface area contributed by atoms with Crippen molar-refractivity contribution in [3.8, 4) is 0 Å². The fourth-order valence-corrected chi connectivity index (χ4v) is 1.59. The third-order valence-corrected chi connectivity index (χ3v) is 2.80. The Morgan fingerprint density at radius 3 is 2.75 bits per heavy atom. The van der Waals surface area contributed by atoms with Crippen molar-refractivity contribution in [2.75, 3.05) is 0 Å². The standard InChI is InChI=1S/C10H20N4O2/c1-2-4-8(9(11)14-16)13-10(15)12-7-5-3-6-7/h7-8,16H,2-6H2,1H3,(H2,11,14)(H2,12,13,15). The number of nitrogens with zero attached hydrogens (tertiary/aromatic N) is 1. The number of oxime groups is 1. The molecule has 1 aliphatic carbocycles. The predicted molar refractivity (Wildman–Crippen MR) is 61.4 cm³/mol. The fourth-order valence-electron chi connectivity index (χ4n) is 1.59. The van der Waals surface area contributed by atoms with Crippen molar-refractivity contribution >= 4 is 11.9 Å². The minimum atomic E-state index is -0.393. The first-order chi connectivity index (χ1) is 7.67. The lowest BCUT2D eigenvalue weighted by Crippen LogP contribution is -2.52. The molecule has 0 aromatic rings. The van der Waals surface area contributed by atoms with E-state index in [0.29, 0.717) is 6.42 Å². The molecular formula is C10H20N4O2. The summed E-state index contributed by atoms with van der Waals surface area (Å²) in [4.78, 5) is 11.5. The molecule has 1 atom stereocenters. The minimum absolute atomic E-state index is 0.0469. The van der Waals surface area contributed by atoms with Gasteiger partial charge in [-0.15, -0.1) is 0 Å². The van der Waals surface area contributed by atoms with Gasteiger partial charge in [0.1, 0.15) is 0 Å². The van der Waals surface area contributed by atoms with Crippen molar-refractivity contribution in [3.05, 3.63) is 0 Å². The Hall–Kier alpha value is -1.46. The Bertz CT molecular complexity index is 264. The highest BCUT2D eigenvalue weighted by Crippen LogP contribution is 2.17. The van der Waals surface area contributed by atoms with Crippen LogP contribution in [0.2, 0.25) is 0 Å². The van der Waals surface area contributed by atoms with Crippen LogP contribution in [0.25, 0.3) is 0 Å². The van der Waals surface area contributed by atoms with Gasteiger partial charge in [-0.3, -0.25) is 0 Å². The third kappa shape index (κ3) is 3.60. The van der Waals surface area contributed by atoms with E-state index >= 15 is 0 Å². The highest BCUT2D eigenvalue weighted by molar-refractivity contribution is 5.89. The lowest BCUT2D eigenvalue weighted by Gasteiger charge is -2.27. The molecule has 92 valence electrons. The van der Waals surface area contributed by atoms with Crippen LogP contribution in [0.4, 0.5) is 4.79 Å². The number of urea groups is 1. The van der Waals surface area contributed by atoms with Crippen LogP contribution in [-0.2, 0) is 0 Å². The van der Waals surface area contributed by atoms with Crippen LogP contribution in [0.15, 0.2) is 5.16 Å². The van der Waals surface area contributed by atoms with E-state index in [1.165, 1.54) is 6.42 Å². The zero-order valence-corrected chi connectivity index (χ0v) is 9.57. The van der Waals surface area contributed by atoms with E-state index in [0.717, 1.165) is 19.3 Å². The van der Waals surface area contributed by atoms with Crippen LogP contribution in [0.5, 0.6) is 0 Å². The molecule has 0 saturated heterocycles. The van der Waals surface area contributed by atoms with E-state index < -0.39 is 6.04 Å². The summed E-state index contributed by atoms with van der Waals surface area (Å²) in [6, 6.07) is -0.348. The molecule has 1 saturated carbocycles. The molecule has 0 aliphatic heterocycles. The second-order valence-corrected chi connectivity index (χ2v) is 4.11. The Morgan fingerprint density at radius 1 is 1.62 bits per heavy atom. The number of rotatable bonds is 5. The average molecular weight is 228 g/mol. The number of hydrogen-bond acceptors (Lipinski definition) is 3. The topological polar surface area (TPSA) is 99.7 Å². The Kier molecular flexibility index (Phi) is 4.88. The number of carbonyl (C=O) groups excluding carboxylic acids is 1. The number of carbonyl (C=O) groups is 1. The second kappa shape index (κ2) is 6.19. The van der Waals surface area contributed by atoms with Gasteiger partial charge in [0.25, 0.3) is 0 Å². The van der Waals surface area contributed by atoms with Crippen LogP contribution < -0.4 is 16.4 Å². The van der Waals surface area contributed by atoms with Crippen molar-refractivity contribution in [2.24, 2.45) is 10.9 Å². The molecule has 2 amide bonds. The number of nitrogens with one attached hydrogen (secondary N) is 2. The van der Waals surface area contributed by atoms with Crippen LogP contribution in [0.3, 0.4) is 0 Å². The molecule has 0 aromatic carbocycles. The van der Waals surface area contributed by atoms with Crippen molar-refractivity contribution in [1.29, 1.82) is 0 Å². The maximum atomic E-state index is 11.5. The number of nitrogens with two attached hydrogens (primary N) is 1. The fraction of sp³-hybridized carbons (Fsp3) is 0.800. The summed E-state index contributed by atoms with van der Waals surface area (Å²) in [6.45, 7) is 1.98.